The molecular formula is C15H12F2O. The highest BCUT2D eigenvalue weighted by molar-refractivity contribution is 5.74. The van der Waals surface area contributed by atoms with Gasteiger partial charge in [0.1, 0.15) is 17.9 Å². The molecule has 92 valence electrons. The largest absolute Gasteiger partial charge is 0.298 e. The van der Waals surface area contributed by atoms with Crippen LogP contribution < -0.4 is 0 Å². The molecule has 1 nitrogen and oxygen atoms in total. The van der Waals surface area contributed by atoms with Crippen LogP contribution in [0, 0.1) is 11.6 Å². The van der Waals surface area contributed by atoms with Gasteiger partial charge < -0.3 is 0 Å². The standard InChI is InChI=1S/C15H12F2O/c16-14-8-12(10-18)9-15(17)13(14)7-6-11-4-2-1-3-5-11/h1-5,8-10H,6-7H2. The van der Waals surface area contributed by atoms with E-state index in [1.54, 1.807) is 0 Å². The maximum absolute atomic E-state index is 13.6. The fourth-order valence-electron chi connectivity index (χ4n) is 1.84. The van der Waals surface area contributed by atoms with Crippen molar-refractivity contribution in [1.82, 2.24) is 0 Å². The van der Waals surface area contributed by atoms with E-state index < -0.39 is 11.6 Å². The third-order valence-electron chi connectivity index (χ3n) is 2.81. The zero-order valence-corrected chi connectivity index (χ0v) is 9.70. The molecule has 2 rings (SSSR count). The molecule has 0 fully saturated rings. The highest BCUT2D eigenvalue weighted by Crippen LogP contribution is 2.17. The lowest BCUT2D eigenvalue weighted by Gasteiger charge is -2.06. The van der Waals surface area contributed by atoms with Crippen LogP contribution in [0.5, 0.6) is 0 Å². The topological polar surface area (TPSA) is 17.1 Å². The number of hydrogen-bond acceptors (Lipinski definition) is 1. The first kappa shape index (κ1) is 12.4. The molecule has 0 saturated carbocycles. The number of benzene rings is 2. The molecule has 0 saturated heterocycles. The van der Waals surface area contributed by atoms with Crippen LogP contribution >= 0.6 is 0 Å². The van der Waals surface area contributed by atoms with Crippen LogP contribution in [-0.4, -0.2) is 6.29 Å². The van der Waals surface area contributed by atoms with Crippen molar-refractivity contribution in [3.8, 4) is 0 Å². The lowest BCUT2D eigenvalue weighted by atomic mass is 10.0. The van der Waals surface area contributed by atoms with E-state index in [0.717, 1.165) is 17.7 Å². The quantitative estimate of drug-likeness (QED) is 0.754. The van der Waals surface area contributed by atoms with E-state index in [0.29, 0.717) is 12.7 Å². The van der Waals surface area contributed by atoms with Crippen molar-refractivity contribution in [2.24, 2.45) is 0 Å². The van der Waals surface area contributed by atoms with Crippen LogP contribution in [0.4, 0.5) is 8.78 Å². The summed E-state index contributed by atoms with van der Waals surface area (Å²) in [6.07, 6.45) is 1.28. The van der Waals surface area contributed by atoms with E-state index in [-0.39, 0.29) is 17.5 Å². The van der Waals surface area contributed by atoms with Crippen molar-refractivity contribution in [2.45, 2.75) is 12.8 Å². The van der Waals surface area contributed by atoms with Crippen molar-refractivity contribution in [2.75, 3.05) is 0 Å². The smallest absolute Gasteiger partial charge is 0.150 e. The first-order valence-electron chi connectivity index (χ1n) is 5.67. The summed E-state index contributed by atoms with van der Waals surface area (Å²) in [5, 5.41) is 0. The molecule has 0 aromatic heterocycles. The Bertz CT molecular complexity index is 527. The number of carbonyl (C=O) groups excluding carboxylic acids is 1. The molecule has 0 heterocycles. The summed E-state index contributed by atoms with van der Waals surface area (Å²) in [6.45, 7) is 0. The molecule has 0 radical (unpaired) electrons. The number of carbonyl (C=O) groups is 1. The minimum Gasteiger partial charge on any atom is -0.298 e. The van der Waals surface area contributed by atoms with Gasteiger partial charge in [0.25, 0.3) is 0 Å². The van der Waals surface area contributed by atoms with Crippen molar-refractivity contribution in [3.63, 3.8) is 0 Å². The Balaban J connectivity index is 2.17. The summed E-state index contributed by atoms with van der Waals surface area (Å²) >= 11 is 0. The van der Waals surface area contributed by atoms with Crippen molar-refractivity contribution >= 4 is 6.29 Å². The average molecular weight is 246 g/mol. The van der Waals surface area contributed by atoms with Gasteiger partial charge in [0, 0.05) is 11.1 Å². The highest BCUT2D eigenvalue weighted by Gasteiger charge is 2.10. The van der Waals surface area contributed by atoms with Gasteiger partial charge in [-0.1, -0.05) is 30.3 Å². The molecule has 0 aliphatic rings. The molecule has 0 unspecified atom stereocenters. The van der Waals surface area contributed by atoms with Gasteiger partial charge in [-0.3, -0.25) is 4.79 Å². The lowest BCUT2D eigenvalue weighted by molar-refractivity contribution is 0.112. The molecule has 0 N–H and O–H groups in total. The van der Waals surface area contributed by atoms with Crippen molar-refractivity contribution in [1.29, 1.82) is 0 Å². The summed E-state index contributed by atoms with van der Waals surface area (Å²) in [7, 11) is 0. The predicted molar refractivity (Wildman–Crippen MR) is 65.6 cm³/mol. The second-order valence-corrected chi connectivity index (χ2v) is 4.07. The van der Waals surface area contributed by atoms with E-state index in [2.05, 4.69) is 0 Å². The fourth-order valence-corrected chi connectivity index (χ4v) is 1.84. The molecule has 3 heteroatoms. The van der Waals surface area contributed by atoms with Crippen LogP contribution in [0.2, 0.25) is 0 Å². The Morgan fingerprint density at radius 3 is 2.11 bits per heavy atom. The molecule has 0 spiro atoms. The molecule has 0 aliphatic carbocycles. The third kappa shape index (κ3) is 2.80. The second-order valence-electron chi connectivity index (χ2n) is 4.07. The van der Waals surface area contributed by atoms with Gasteiger partial charge in [-0.25, -0.2) is 8.78 Å². The summed E-state index contributed by atoms with van der Waals surface area (Å²) in [4.78, 5) is 10.5. The molecular weight excluding hydrogens is 234 g/mol. The van der Waals surface area contributed by atoms with Crippen LogP contribution in [0.1, 0.15) is 21.5 Å². The van der Waals surface area contributed by atoms with E-state index in [1.165, 1.54) is 0 Å². The normalized spacial score (nSPS) is 10.3. The molecule has 2 aromatic rings. The summed E-state index contributed by atoms with van der Waals surface area (Å²) in [5.41, 5.74) is 1.08. The molecule has 0 amide bonds. The minimum absolute atomic E-state index is 0.0217. The van der Waals surface area contributed by atoms with E-state index in [1.807, 2.05) is 30.3 Å². The summed E-state index contributed by atoms with van der Waals surface area (Å²) in [6, 6.07) is 11.6. The van der Waals surface area contributed by atoms with Gasteiger partial charge in [0.2, 0.25) is 0 Å². The monoisotopic (exact) mass is 246 g/mol. The molecule has 2 aromatic carbocycles. The number of aldehydes is 1. The highest BCUT2D eigenvalue weighted by atomic mass is 19.1. The Labute approximate surface area is 104 Å². The van der Waals surface area contributed by atoms with Crippen LogP contribution in [0.25, 0.3) is 0 Å². The minimum atomic E-state index is -0.659. The average Bonchev–Trinajstić information content (AvgIpc) is 2.38. The van der Waals surface area contributed by atoms with Gasteiger partial charge in [-0.05, 0) is 30.5 Å². The zero-order valence-electron chi connectivity index (χ0n) is 9.70. The van der Waals surface area contributed by atoms with Gasteiger partial charge in [0.15, 0.2) is 0 Å². The first-order valence-corrected chi connectivity index (χ1v) is 5.67. The fraction of sp³-hybridized carbons (Fsp3) is 0.133. The van der Waals surface area contributed by atoms with Crippen LogP contribution in [0.3, 0.4) is 0 Å². The number of aryl methyl sites for hydroxylation is 1. The van der Waals surface area contributed by atoms with Gasteiger partial charge in [-0.2, -0.15) is 0 Å². The van der Waals surface area contributed by atoms with Crippen molar-refractivity contribution in [3.05, 3.63) is 70.8 Å². The number of rotatable bonds is 4. The van der Waals surface area contributed by atoms with Gasteiger partial charge in [-0.15, -0.1) is 0 Å². The SMILES string of the molecule is O=Cc1cc(F)c(CCc2ccccc2)c(F)c1. The summed E-state index contributed by atoms with van der Waals surface area (Å²) in [5.74, 6) is -1.32. The third-order valence-corrected chi connectivity index (χ3v) is 2.81. The Hall–Kier alpha value is -2.03. The van der Waals surface area contributed by atoms with Crippen LogP contribution in [-0.2, 0) is 12.8 Å². The first-order chi connectivity index (χ1) is 8.70. The Morgan fingerprint density at radius 1 is 0.944 bits per heavy atom. The van der Waals surface area contributed by atoms with Crippen LogP contribution in [0.15, 0.2) is 42.5 Å². The van der Waals surface area contributed by atoms with Gasteiger partial charge in [0.05, 0.1) is 0 Å². The molecule has 0 bridgehead atoms. The summed E-state index contributed by atoms with van der Waals surface area (Å²) < 4.78 is 27.2. The number of halogens is 2. The molecule has 18 heavy (non-hydrogen) atoms. The number of hydrogen-bond donors (Lipinski definition) is 0. The maximum Gasteiger partial charge on any atom is 0.150 e. The molecule has 0 aliphatic heterocycles. The van der Waals surface area contributed by atoms with Gasteiger partial charge >= 0.3 is 0 Å². The Kier molecular flexibility index (Phi) is 3.82. The lowest BCUT2D eigenvalue weighted by Crippen LogP contribution is -2.00. The van der Waals surface area contributed by atoms with E-state index in [9.17, 15) is 13.6 Å². The molecule has 0 atom stereocenters. The second kappa shape index (κ2) is 5.54. The van der Waals surface area contributed by atoms with Crippen molar-refractivity contribution < 1.29 is 13.6 Å². The van der Waals surface area contributed by atoms with E-state index in [4.69, 9.17) is 0 Å². The Morgan fingerprint density at radius 2 is 1.56 bits per heavy atom. The predicted octanol–water partition coefficient (Wildman–Crippen LogP) is 3.56. The zero-order chi connectivity index (χ0) is 13.0. The van der Waals surface area contributed by atoms with E-state index >= 15 is 0 Å². The maximum atomic E-state index is 13.6.